The van der Waals surface area contributed by atoms with Crippen molar-refractivity contribution in [1.82, 2.24) is 9.97 Å². The number of anilines is 3. The molecule has 3 aromatic rings. The number of carbonyl (C=O) groups excluding carboxylic acids is 1. The largest absolute Gasteiger partial charge is 0.465 e. The Hall–Kier alpha value is -3.41. The number of esters is 1. The summed E-state index contributed by atoms with van der Waals surface area (Å²) in [6, 6.07) is 17.0. The van der Waals surface area contributed by atoms with Crippen molar-refractivity contribution in [2.75, 3.05) is 17.7 Å². The summed E-state index contributed by atoms with van der Waals surface area (Å²) in [7, 11) is 1.36. The second-order valence-electron chi connectivity index (χ2n) is 5.74. The lowest BCUT2D eigenvalue weighted by atomic mass is 10.1. The smallest absolute Gasteiger partial charge is 0.337 e. The third-order valence-electron chi connectivity index (χ3n) is 3.93. The van der Waals surface area contributed by atoms with E-state index in [2.05, 4.69) is 39.7 Å². The van der Waals surface area contributed by atoms with Crippen molar-refractivity contribution in [2.45, 2.75) is 13.5 Å². The van der Waals surface area contributed by atoms with Crippen LogP contribution in [0.4, 0.5) is 17.5 Å². The van der Waals surface area contributed by atoms with E-state index in [1.165, 1.54) is 18.2 Å². The number of aromatic nitrogens is 2. The van der Waals surface area contributed by atoms with E-state index in [1.54, 1.807) is 36.5 Å². The maximum Gasteiger partial charge on any atom is 0.337 e. The van der Waals surface area contributed by atoms with Gasteiger partial charge in [-0.2, -0.15) is 4.98 Å². The van der Waals surface area contributed by atoms with Crippen molar-refractivity contribution < 1.29 is 9.53 Å². The summed E-state index contributed by atoms with van der Waals surface area (Å²) in [4.78, 5) is 20.2. The molecule has 0 spiro atoms. The van der Waals surface area contributed by atoms with E-state index in [0.717, 1.165) is 5.69 Å². The average Bonchev–Trinajstić information content (AvgIpc) is 2.68. The van der Waals surface area contributed by atoms with Gasteiger partial charge in [0.25, 0.3) is 0 Å². The standard InChI is InChI=1S/C20H20N4O2/c1-14-5-3-4-6-16(14)13-22-20-21-12-11-18(24-20)23-17-9-7-15(8-10-17)19(25)26-2/h3-12H,13H2,1-2H3,(H2,21,22,23,24). The number of hydrogen-bond acceptors (Lipinski definition) is 6. The Labute approximate surface area is 152 Å². The van der Waals surface area contributed by atoms with Gasteiger partial charge < -0.3 is 15.4 Å². The summed E-state index contributed by atoms with van der Waals surface area (Å²) >= 11 is 0. The van der Waals surface area contributed by atoms with Gasteiger partial charge in [0.15, 0.2) is 0 Å². The fraction of sp³-hybridized carbons (Fsp3) is 0.150. The van der Waals surface area contributed by atoms with E-state index in [4.69, 9.17) is 4.74 Å². The molecule has 1 aromatic heterocycles. The Morgan fingerprint density at radius 1 is 1.08 bits per heavy atom. The first-order chi connectivity index (χ1) is 12.7. The third-order valence-corrected chi connectivity index (χ3v) is 3.93. The summed E-state index contributed by atoms with van der Waals surface area (Å²) in [5, 5.41) is 6.43. The molecule has 0 saturated heterocycles. The van der Waals surface area contributed by atoms with Crippen molar-refractivity contribution in [1.29, 1.82) is 0 Å². The second-order valence-corrected chi connectivity index (χ2v) is 5.74. The van der Waals surface area contributed by atoms with E-state index in [-0.39, 0.29) is 5.97 Å². The second kappa shape index (κ2) is 8.11. The van der Waals surface area contributed by atoms with Gasteiger partial charge in [0.1, 0.15) is 5.82 Å². The Balaban J connectivity index is 1.65. The molecule has 0 fully saturated rings. The van der Waals surface area contributed by atoms with Gasteiger partial charge in [-0.25, -0.2) is 9.78 Å². The van der Waals surface area contributed by atoms with Gasteiger partial charge in [-0.15, -0.1) is 0 Å². The number of carbonyl (C=O) groups is 1. The highest BCUT2D eigenvalue weighted by molar-refractivity contribution is 5.89. The highest BCUT2D eigenvalue weighted by Crippen LogP contribution is 2.17. The molecule has 0 amide bonds. The Kier molecular flexibility index (Phi) is 5.43. The maximum absolute atomic E-state index is 11.5. The fourth-order valence-corrected chi connectivity index (χ4v) is 2.45. The van der Waals surface area contributed by atoms with Crippen LogP contribution in [0, 0.1) is 6.92 Å². The molecule has 0 radical (unpaired) electrons. The van der Waals surface area contributed by atoms with E-state index >= 15 is 0 Å². The van der Waals surface area contributed by atoms with Crippen LogP contribution in [0.15, 0.2) is 60.8 Å². The minimum Gasteiger partial charge on any atom is -0.465 e. The summed E-state index contributed by atoms with van der Waals surface area (Å²) in [6.07, 6.45) is 1.69. The molecular weight excluding hydrogens is 328 g/mol. The number of methoxy groups -OCH3 is 1. The lowest BCUT2D eigenvalue weighted by molar-refractivity contribution is 0.0601. The van der Waals surface area contributed by atoms with Crippen LogP contribution in [0.2, 0.25) is 0 Å². The Morgan fingerprint density at radius 3 is 2.58 bits per heavy atom. The maximum atomic E-state index is 11.5. The molecule has 0 aliphatic heterocycles. The summed E-state index contributed by atoms with van der Waals surface area (Å²) in [5.41, 5.74) is 3.75. The number of benzene rings is 2. The molecule has 2 N–H and O–H groups in total. The summed E-state index contributed by atoms with van der Waals surface area (Å²) in [5.74, 6) is 0.851. The number of ether oxygens (including phenoxy) is 1. The fourth-order valence-electron chi connectivity index (χ4n) is 2.45. The summed E-state index contributed by atoms with van der Waals surface area (Å²) < 4.78 is 4.69. The van der Waals surface area contributed by atoms with Crippen molar-refractivity contribution in [3.05, 3.63) is 77.5 Å². The molecular formula is C20H20N4O2. The number of nitrogens with one attached hydrogen (secondary N) is 2. The van der Waals surface area contributed by atoms with Gasteiger partial charge in [0.05, 0.1) is 12.7 Å². The van der Waals surface area contributed by atoms with Crippen LogP contribution in [-0.4, -0.2) is 23.0 Å². The molecule has 2 aromatic carbocycles. The SMILES string of the molecule is COC(=O)c1ccc(Nc2ccnc(NCc3ccccc3C)n2)cc1. The highest BCUT2D eigenvalue weighted by Gasteiger charge is 2.05. The molecule has 3 rings (SSSR count). The lowest BCUT2D eigenvalue weighted by Gasteiger charge is -2.10. The number of nitrogens with zero attached hydrogens (tertiary/aromatic N) is 2. The first kappa shape index (κ1) is 17.4. The number of hydrogen-bond donors (Lipinski definition) is 2. The monoisotopic (exact) mass is 348 g/mol. The molecule has 6 heteroatoms. The quantitative estimate of drug-likeness (QED) is 0.658. The van der Waals surface area contributed by atoms with Crippen molar-refractivity contribution >= 4 is 23.4 Å². The lowest BCUT2D eigenvalue weighted by Crippen LogP contribution is -2.06. The predicted molar refractivity (Wildman–Crippen MR) is 102 cm³/mol. The normalized spacial score (nSPS) is 10.2. The molecule has 6 nitrogen and oxygen atoms in total. The first-order valence-corrected chi connectivity index (χ1v) is 8.22. The Bertz CT molecular complexity index is 894. The molecule has 0 saturated carbocycles. The molecule has 0 atom stereocenters. The Morgan fingerprint density at radius 2 is 1.85 bits per heavy atom. The number of aryl methyl sites for hydroxylation is 1. The molecule has 0 aliphatic carbocycles. The van der Waals surface area contributed by atoms with Crippen LogP contribution in [0.3, 0.4) is 0 Å². The van der Waals surface area contributed by atoms with Crippen molar-refractivity contribution in [3.63, 3.8) is 0 Å². The van der Waals surface area contributed by atoms with Crippen LogP contribution in [0.5, 0.6) is 0 Å². The molecule has 0 aliphatic rings. The van der Waals surface area contributed by atoms with E-state index in [1.807, 2.05) is 12.1 Å². The summed E-state index contributed by atoms with van der Waals surface area (Å²) in [6.45, 7) is 2.73. The van der Waals surface area contributed by atoms with Crippen LogP contribution >= 0.6 is 0 Å². The zero-order valence-corrected chi connectivity index (χ0v) is 14.7. The van der Waals surface area contributed by atoms with E-state index in [0.29, 0.717) is 23.9 Å². The van der Waals surface area contributed by atoms with Gasteiger partial charge >= 0.3 is 5.97 Å². The minimum atomic E-state index is -0.360. The predicted octanol–water partition coefficient (Wildman–Crippen LogP) is 3.93. The molecule has 26 heavy (non-hydrogen) atoms. The topological polar surface area (TPSA) is 76.1 Å². The third kappa shape index (κ3) is 4.36. The van der Waals surface area contributed by atoms with Crippen molar-refractivity contribution in [3.8, 4) is 0 Å². The molecule has 0 bridgehead atoms. The first-order valence-electron chi connectivity index (χ1n) is 8.22. The molecule has 1 heterocycles. The van der Waals surface area contributed by atoms with Gasteiger partial charge in [-0.3, -0.25) is 0 Å². The van der Waals surface area contributed by atoms with Crippen LogP contribution < -0.4 is 10.6 Å². The number of rotatable bonds is 6. The molecule has 132 valence electrons. The highest BCUT2D eigenvalue weighted by atomic mass is 16.5. The van der Waals surface area contributed by atoms with E-state index in [9.17, 15) is 4.79 Å². The van der Waals surface area contributed by atoms with Gasteiger partial charge in [0.2, 0.25) is 5.95 Å². The molecule has 0 unspecified atom stereocenters. The van der Waals surface area contributed by atoms with Crippen molar-refractivity contribution in [2.24, 2.45) is 0 Å². The average molecular weight is 348 g/mol. The zero-order valence-electron chi connectivity index (χ0n) is 14.7. The minimum absolute atomic E-state index is 0.360. The van der Waals surface area contributed by atoms with Gasteiger partial charge in [-0.1, -0.05) is 24.3 Å². The van der Waals surface area contributed by atoms with Gasteiger partial charge in [0, 0.05) is 18.4 Å². The van der Waals surface area contributed by atoms with E-state index < -0.39 is 0 Å². The van der Waals surface area contributed by atoms with Crippen LogP contribution in [0.1, 0.15) is 21.5 Å². The van der Waals surface area contributed by atoms with Crippen LogP contribution in [-0.2, 0) is 11.3 Å². The zero-order chi connectivity index (χ0) is 18.4. The van der Waals surface area contributed by atoms with Gasteiger partial charge in [-0.05, 0) is 48.4 Å². The van der Waals surface area contributed by atoms with Crippen LogP contribution in [0.25, 0.3) is 0 Å².